The highest BCUT2D eigenvalue weighted by Gasteiger charge is 2.10. The fourth-order valence-corrected chi connectivity index (χ4v) is 4.00. The second kappa shape index (κ2) is 11.0. The molecule has 8 heteroatoms. The third-order valence-electron chi connectivity index (χ3n) is 5.53. The summed E-state index contributed by atoms with van der Waals surface area (Å²) < 4.78 is 0. The standard InChI is InChI=1S/2C14H10ClN3/c2*15-12-3-1-10(2-4-12)13-9-17-18-14(13)11-5-7-16-8-6-11/h2*1-9H,(H,17,18). The number of aromatic nitrogens is 6. The van der Waals surface area contributed by atoms with Crippen molar-refractivity contribution in [1.29, 1.82) is 0 Å². The molecule has 0 saturated carbocycles. The average molecular weight is 511 g/mol. The first-order valence-electron chi connectivity index (χ1n) is 11.1. The smallest absolute Gasteiger partial charge is 0.0729 e. The molecule has 6 aromatic rings. The van der Waals surface area contributed by atoms with Crippen LogP contribution in [-0.2, 0) is 0 Å². The van der Waals surface area contributed by atoms with Gasteiger partial charge in [-0.15, -0.1) is 0 Å². The summed E-state index contributed by atoms with van der Waals surface area (Å²) in [5.74, 6) is 0. The van der Waals surface area contributed by atoms with Gasteiger partial charge in [-0.1, -0.05) is 47.5 Å². The van der Waals surface area contributed by atoms with Gasteiger partial charge in [0.05, 0.1) is 23.8 Å². The van der Waals surface area contributed by atoms with Crippen LogP contribution in [0.2, 0.25) is 10.0 Å². The molecule has 0 unspecified atom stereocenters. The van der Waals surface area contributed by atoms with Crippen LogP contribution >= 0.6 is 23.2 Å². The average Bonchev–Trinajstić information content (AvgIpc) is 3.62. The van der Waals surface area contributed by atoms with Gasteiger partial charge in [-0.05, 0) is 59.7 Å². The Morgan fingerprint density at radius 2 is 0.806 bits per heavy atom. The Labute approximate surface area is 218 Å². The Balaban J connectivity index is 0.000000148. The van der Waals surface area contributed by atoms with Crippen LogP contribution in [0.15, 0.2) is 110 Å². The number of nitrogens with zero attached hydrogens (tertiary/aromatic N) is 4. The SMILES string of the molecule is Clc1ccc(-c2cn[nH]c2-c2ccncc2)cc1.Clc1ccc(-c2cn[nH]c2-c2ccncc2)cc1. The molecule has 4 heterocycles. The van der Waals surface area contributed by atoms with Crippen LogP contribution in [0, 0.1) is 0 Å². The van der Waals surface area contributed by atoms with Crippen LogP contribution in [0.3, 0.4) is 0 Å². The molecule has 176 valence electrons. The van der Waals surface area contributed by atoms with Crippen molar-refractivity contribution in [2.75, 3.05) is 0 Å². The molecule has 2 N–H and O–H groups in total. The minimum atomic E-state index is 0.729. The molecule has 0 aliphatic heterocycles. The summed E-state index contributed by atoms with van der Waals surface area (Å²) in [5, 5.41) is 15.7. The number of rotatable bonds is 4. The van der Waals surface area contributed by atoms with E-state index in [2.05, 4.69) is 30.4 Å². The first kappa shape index (κ1) is 23.5. The maximum Gasteiger partial charge on any atom is 0.0729 e. The van der Waals surface area contributed by atoms with Crippen LogP contribution < -0.4 is 0 Å². The molecule has 36 heavy (non-hydrogen) atoms. The van der Waals surface area contributed by atoms with E-state index in [0.717, 1.165) is 54.8 Å². The summed E-state index contributed by atoms with van der Waals surface area (Å²) >= 11 is 11.8. The molecule has 4 aromatic heterocycles. The minimum absolute atomic E-state index is 0.729. The zero-order valence-electron chi connectivity index (χ0n) is 18.9. The van der Waals surface area contributed by atoms with Gasteiger partial charge < -0.3 is 0 Å². The van der Waals surface area contributed by atoms with Crippen molar-refractivity contribution in [3.05, 3.63) is 120 Å². The van der Waals surface area contributed by atoms with Gasteiger partial charge in [0.1, 0.15) is 0 Å². The first-order valence-corrected chi connectivity index (χ1v) is 11.8. The highest BCUT2D eigenvalue weighted by atomic mass is 35.5. The van der Waals surface area contributed by atoms with Crippen molar-refractivity contribution in [2.24, 2.45) is 0 Å². The Morgan fingerprint density at radius 1 is 0.444 bits per heavy atom. The number of aromatic amines is 2. The number of nitrogens with one attached hydrogen (secondary N) is 2. The van der Waals surface area contributed by atoms with Crippen molar-refractivity contribution < 1.29 is 0 Å². The van der Waals surface area contributed by atoms with Gasteiger partial charge in [0, 0.05) is 57.1 Å². The molecule has 0 atom stereocenters. The second-order valence-corrected chi connectivity index (χ2v) is 8.68. The molecule has 0 aliphatic rings. The molecule has 0 aliphatic carbocycles. The zero-order chi connectivity index (χ0) is 24.7. The quantitative estimate of drug-likeness (QED) is 0.256. The first-order chi connectivity index (χ1) is 17.7. The van der Waals surface area contributed by atoms with E-state index in [1.54, 1.807) is 24.8 Å². The molecule has 0 bridgehead atoms. The molecular formula is C28H20Cl2N6. The van der Waals surface area contributed by atoms with Gasteiger partial charge in [0.25, 0.3) is 0 Å². The number of H-pyrrole nitrogens is 2. The van der Waals surface area contributed by atoms with E-state index in [1.807, 2.05) is 85.2 Å². The lowest BCUT2D eigenvalue weighted by atomic mass is 10.0. The van der Waals surface area contributed by atoms with Gasteiger partial charge in [0.2, 0.25) is 0 Å². The lowest BCUT2D eigenvalue weighted by Crippen LogP contribution is -1.83. The predicted octanol–water partition coefficient (Wildman–Crippen LogP) is 7.58. The molecular weight excluding hydrogens is 491 g/mol. The fourth-order valence-electron chi connectivity index (χ4n) is 3.75. The Hall–Kier alpha value is -4.26. The topological polar surface area (TPSA) is 83.1 Å². The highest BCUT2D eigenvalue weighted by molar-refractivity contribution is 6.30. The van der Waals surface area contributed by atoms with Crippen molar-refractivity contribution in [3.63, 3.8) is 0 Å². The van der Waals surface area contributed by atoms with Crippen molar-refractivity contribution >= 4 is 23.2 Å². The molecule has 6 rings (SSSR count). The van der Waals surface area contributed by atoms with Crippen molar-refractivity contribution in [1.82, 2.24) is 30.4 Å². The van der Waals surface area contributed by atoms with Gasteiger partial charge in [-0.2, -0.15) is 10.2 Å². The molecule has 0 amide bonds. The Morgan fingerprint density at radius 3 is 1.17 bits per heavy atom. The molecule has 2 aromatic carbocycles. The number of benzene rings is 2. The van der Waals surface area contributed by atoms with E-state index in [-0.39, 0.29) is 0 Å². The summed E-state index contributed by atoms with van der Waals surface area (Å²) in [7, 11) is 0. The molecule has 6 nitrogen and oxygen atoms in total. The van der Waals surface area contributed by atoms with E-state index in [9.17, 15) is 0 Å². The van der Waals surface area contributed by atoms with Crippen molar-refractivity contribution in [2.45, 2.75) is 0 Å². The number of pyridine rings is 2. The monoisotopic (exact) mass is 510 g/mol. The minimum Gasteiger partial charge on any atom is -0.277 e. The largest absolute Gasteiger partial charge is 0.277 e. The lowest BCUT2D eigenvalue weighted by molar-refractivity contribution is 1.09. The summed E-state index contributed by atoms with van der Waals surface area (Å²) in [6.07, 6.45) is 10.7. The van der Waals surface area contributed by atoms with Crippen LogP contribution in [0.1, 0.15) is 0 Å². The Kier molecular flexibility index (Phi) is 7.17. The molecule has 0 fully saturated rings. The van der Waals surface area contributed by atoms with Crippen LogP contribution in [0.5, 0.6) is 0 Å². The van der Waals surface area contributed by atoms with E-state index in [0.29, 0.717) is 0 Å². The van der Waals surface area contributed by atoms with E-state index in [1.165, 1.54) is 0 Å². The van der Waals surface area contributed by atoms with Gasteiger partial charge in [-0.3, -0.25) is 20.2 Å². The summed E-state index contributed by atoms with van der Waals surface area (Å²) in [6, 6.07) is 23.2. The summed E-state index contributed by atoms with van der Waals surface area (Å²) in [5.41, 5.74) is 8.37. The zero-order valence-corrected chi connectivity index (χ0v) is 20.4. The normalized spacial score (nSPS) is 10.5. The lowest BCUT2D eigenvalue weighted by Gasteiger charge is -2.03. The maximum absolute atomic E-state index is 5.90. The van der Waals surface area contributed by atoms with E-state index in [4.69, 9.17) is 23.2 Å². The molecule has 0 saturated heterocycles. The number of hydrogen-bond acceptors (Lipinski definition) is 4. The van der Waals surface area contributed by atoms with Gasteiger partial charge >= 0.3 is 0 Å². The molecule has 0 radical (unpaired) electrons. The summed E-state index contributed by atoms with van der Waals surface area (Å²) in [6.45, 7) is 0. The summed E-state index contributed by atoms with van der Waals surface area (Å²) in [4.78, 5) is 8.04. The van der Waals surface area contributed by atoms with E-state index < -0.39 is 0 Å². The fraction of sp³-hybridized carbons (Fsp3) is 0. The molecule has 0 spiro atoms. The predicted molar refractivity (Wildman–Crippen MR) is 145 cm³/mol. The third-order valence-corrected chi connectivity index (χ3v) is 6.03. The Bertz CT molecular complexity index is 1410. The van der Waals surface area contributed by atoms with Gasteiger partial charge in [0.15, 0.2) is 0 Å². The highest BCUT2D eigenvalue weighted by Crippen LogP contribution is 2.31. The van der Waals surface area contributed by atoms with Crippen molar-refractivity contribution in [3.8, 4) is 44.8 Å². The number of halogens is 2. The second-order valence-electron chi connectivity index (χ2n) is 7.80. The van der Waals surface area contributed by atoms with E-state index >= 15 is 0 Å². The van der Waals surface area contributed by atoms with Gasteiger partial charge in [-0.25, -0.2) is 0 Å². The van der Waals surface area contributed by atoms with Crippen LogP contribution in [-0.4, -0.2) is 30.4 Å². The number of hydrogen-bond donors (Lipinski definition) is 2. The van der Waals surface area contributed by atoms with Crippen LogP contribution in [0.4, 0.5) is 0 Å². The van der Waals surface area contributed by atoms with Crippen LogP contribution in [0.25, 0.3) is 44.8 Å². The maximum atomic E-state index is 5.90. The third kappa shape index (κ3) is 5.35.